The van der Waals surface area contributed by atoms with E-state index in [1.54, 1.807) is 0 Å². The highest BCUT2D eigenvalue weighted by Crippen LogP contribution is 2.40. The Morgan fingerprint density at radius 2 is 1.76 bits per heavy atom. The zero-order valence-corrected chi connectivity index (χ0v) is 17.7. The van der Waals surface area contributed by atoms with Gasteiger partial charge in [0.2, 0.25) is 0 Å². The molecule has 0 radical (unpaired) electrons. The topological polar surface area (TPSA) is 47.9 Å². The molecule has 5 heteroatoms. The molecule has 1 aromatic carbocycles. The standard InChI is InChI=1S/C20H34O4Si/c1-19(2,3)25(6,7)22-14-13-16(21)18-17(23-20(4,5)24-18)15-11-9-8-10-12-15/h8-12,16-18,21H,13-14H2,1-7H3/t16-,17-,18+/m1/s1. The van der Waals surface area contributed by atoms with E-state index in [9.17, 15) is 5.11 Å². The normalized spacial score (nSPS) is 25.1. The van der Waals surface area contributed by atoms with Gasteiger partial charge in [-0.05, 0) is 44.0 Å². The number of ether oxygens (including phenoxy) is 2. The predicted octanol–water partition coefficient (Wildman–Crippen LogP) is 4.65. The molecule has 0 unspecified atom stereocenters. The van der Waals surface area contributed by atoms with E-state index in [0.29, 0.717) is 13.0 Å². The van der Waals surface area contributed by atoms with Crippen molar-refractivity contribution >= 4 is 8.32 Å². The van der Waals surface area contributed by atoms with Crippen molar-refractivity contribution in [3.05, 3.63) is 35.9 Å². The summed E-state index contributed by atoms with van der Waals surface area (Å²) in [4.78, 5) is 0. The van der Waals surface area contributed by atoms with Gasteiger partial charge in [-0.2, -0.15) is 0 Å². The van der Waals surface area contributed by atoms with Crippen LogP contribution in [-0.4, -0.2) is 38.0 Å². The lowest BCUT2D eigenvalue weighted by atomic mass is 9.99. The Balaban J connectivity index is 2.00. The third kappa shape index (κ3) is 5.14. The summed E-state index contributed by atoms with van der Waals surface area (Å²) in [5.41, 5.74) is 1.03. The molecule has 1 aliphatic heterocycles. The predicted molar refractivity (Wildman–Crippen MR) is 103 cm³/mol. The second kappa shape index (κ2) is 7.49. The average molecular weight is 367 g/mol. The van der Waals surface area contributed by atoms with Gasteiger partial charge in [-0.25, -0.2) is 0 Å². The van der Waals surface area contributed by atoms with Crippen LogP contribution in [0.25, 0.3) is 0 Å². The van der Waals surface area contributed by atoms with Gasteiger partial charge in [0.05, 0.1) is 6.10 Å². The minimum absolute atomic E-state index is 0.166. The summed E-state index contributed by atoms with van der Waals surface area (Å²) in [6.07, 6.45) is -0.740. The molecule has 0 amide bonds. The van der Waals surface area contributed by atoms with E-state index in [1.807, 2.05) is 44.2 Å². The molecule has 0 saturated carbocycles. The van der Waals surface area contributed by atoms with Crippen molar-refractivity contribution in [2.24, 2.45) is 0 Å². The number of aliphatic hydroxyl groups is 1. The van der Waals surface area contributed by atoms with E-state index in [4.69, 9.17) is 13.9 Å². The zero-order chi connectivity index (χ0) is 18.9. The second-order valence-electron chi connectivity index (χ2n) is 8.90. The van der Waals surface area contributed by atoms with E-state index >= 15 is 0 Å². The van der Waals surface area contributed by atoms with Crippen molar-refractivity contribution in [3.63, 3.8) is 0 Å². The highest BCUT2D eigenvalue weighted by molar-refractivity contribution is 6.74. The lowest BCUT2D eigenvalue weighted by molar-refractivity contribution is -0.156. The number of benzene rings is 1. The second-order valence-corrected chi connectivity index (χ2v) is 13.7. The van der Waals surface area contributed by atoms with Crippen LogP contribution in [-0.2, 0) is 13.9 Å². The van der Waals surface area contributed by atoms with Gasteiger partial charge in [-0.15, -0.1) is 0 Å². The Bertz CT molecular complexity index is 551. The number of hydrogen-bond acceptors (Lipinski definition) is 4. The molecule has 2 rings (SSSR count). The lowest BCUT2D eigenvalue weighted by Crippen LogP contribution is -2.42. The van der Waals surface area contributed by atoms with Crippen molar-refractivity contribution < 1.29 is 19.0 Å². The highest BCUT2D eigenvalue weighted by atomic mass is 28.4. The molecule has 1 fully saturated rings. The molecular formula is C20H34O4Si. The zero-order valence-electron chi connectivity index (χ0n) is 16.7. The summed E-state index contributed by atoms with van der Waals surface area (Å²) in [5.74, 6) is -0.702. The van der Waals surface area contributed by atoms with Gasteiger partial charge in [0, 0.05) is 6.61 Å². The quantitative estimate of drug-likeness (QED) is 0.744. The van der Waals surface area contributed by atoms with Gasteiger partial charge in [0.1, 0.15) is 12.2 Å². The first-order chi connectivity index (χ1) is 11.4. The van der Waals surface area contributed by atoms with Crippen LogP contribution in [0.4, 0.5) is 0 Å². The average Bonchev–Trinajstić information content (AvgIpc) is 2.83. The minimum Gasteiger partial charge on any atom is -0.417 e. The molecule has 1 saturated heterocycles. The van der Waals surface area contributed by atoms with Gasteiger partial charge in [0.15, 0.2) is 14.1 Å². The minimum atomic E-state index is -1.80. The molecule has 0 spiro atoms. The first-order valence-electron chi connectivity index (χ1n) is 9.15. The fourth-order valence-electron chi connectivity index (χ4n) is 2.79. The fourth-order valence-corrected chi connectivity index (χ4v) is 3.85. The van der Waals surface area contributed by atoms with E-state index in [0.717, 1.165) is 5.56 Å². The molecule has 25 heavy (non-hydrogen) atoms. The summed E-state index contributed by atoms with van der Waals surface area (Å²) < 4.78 is 18.3. The van der Waals surface area contributed by atoms with Crippen LogP contribution in [0.2, 0.25) is 18.1 Å². The van der Waals surface area contributed by atoms with E-state index in [1.165, 1.54) is 0 Å². The summed E-state index contributed by atoms with van der Waals surface area (Å²) in [6.45, 7) is 15.4. The van der Waals surface area contributed by atoms with Crippen molar-refractivity contribution in [2.75, 3.05) is 6.61 Å². The molecule has 142 valence electrons. The SMILES string of the molecule is CC1(C)O[C@@H]([C@H](O)CCO[Si](C)(C)C(C)(C)C)[C@@H](c2ccccc2)O1. The smallest absolute Gasteiger partial charge is 0.191 e. The van der Waals surface area contributed by atoms with Gasteiger partial charge in [-0.3, -0.25) is 0 Å². The Morgan fingerprint density at radius 3 is 2.32 bits per heavy atom. The van der Waals surface area contributed by atoms with Gasteiger partial charge in [0.25, 0.3) is 0 Å². The Hall–Kier alpha value is -0.723. The number of rotatable bonds is 6. The molecular weight excluding hydrogens is 332 g/mol. The van der Waals surface area contributed by atoms with Gasteiger partial charge in [-0.1, -0.05) is 51.1 Å². The van der Waals surface area contributed by atoms with Crippen molar-refractivity contribution in [2.45, 2.75) is 83.3 Å². The van der Waals surface area contributed by atoms with Crippen LogP contribution >= 0.6 is 0 Å². The van der Waals surface area contributed by atoms with Crippen LogP contribution < -0.4 is 0 Å². The molecule has 3 atom stereocenters. The highest BCUT2D eigenvalue weighted by Gasteiger charge is 2.45. The van der Waals surface area contributed by atoms with E-state index < -0.39 is 20.2 Å². The van der Waals surface area contributed by atoms with Gasteiger partial charge < -0.3 is 19.0 Å². The number of aliphatic hydroxyl groups excluding tert-OH is 1. The van der Waals surface area contributed by atoms with Gasteiger partial charge >= 0.3 is 0 Å². The maximum absolute atomic E-state index is 10.7. The van der Waals surface area contributed by atoms with E-state index in [-0.39, 0.29) is 17.2 Å². The summed E-state index contributed by atoms with van der Waals surface area (Å²) in [7, 11) is -1.80. The molecule has 1 aliphatic rings. The third-order valence-corrected chi connectivity index (χ3v) is 9.86. The molecule has 1 heterocycles. The van der Waals surface area contributed by atoms with Crippen LogP contribution in [0, 0.1) is 0 Å². The first-order valence-corrected chi connectivity index (χ1v) is 12.1. The number of hydrogen-bond donors (Lipinski definition) is 1. The van der Waals surface area contributed by atoms with Crippen LogP contribution in [0.1, 0.15) is 52.7 Å². The maximum atomic E-state index is 10.7. The molecule has 1 aromatic rings. The third-order valence-electron chi connectivity index (χ3n) is 5.32. The molecule has 1 N–H and O–H groups in total. The van der Waals surface area contributed by atoms with Crippen molar-refractivity contribution in [1.29, 1.82) is 0 Å². The fraction of sp³-hybridized carbons (Fsp3) is 0.700. The summed E-state index contributed by atoms with van der Waals surface area (Å²) >= 11 is 0. The molecule has 0 bridgehead atoms. The molecule has 4 nitrogen and oxygen atoms in total. The van der Waals surface area contributed by atoms with Crippen LogP contribution in [0.3, 0.4) is 0 Å². The summed E-state index contributed by atoms with van der Waals surface area (Å²) in [6, 6.07) is 9.97. The summed E-state index contributed by atoms with van der Waals surface area (Å²) in [5, 5.41) is 10.9. The Labute approximate surface area is 153 Å². The maximum Gasteiger partial charge on any atom is 0.191 e. The van der Waals surface area contributed by atoms with Crippen molar-refractivity contribution in [1.82, 2.24) is 0 Å². The largest absolute Gasteiger partial charge is 0.417 e. The molecule has 0 aromatic heterocycles. The first kappa shape index (κ1) is 20.6. The Kier molecular flexibility index (Phi) is 6.17. The molecule has 0 aliphatic carbocycles. The van der Waals surface area contributed by atoms with Crippen LogP contribution in [0.5, 0.6) is 0 Å². The van der Waals surface area contributed by atoms with Crippen molar-refractivity contribution in [3.8, 4) is 0 Å². The van der Waals surface area contributed by atoms with E-state index in [2.05, 4.69) is 33.9 Å². The van der Waals surface area contributed by atoms with Crippen LogP contribution in [0.15, 0.2) is 30.3 Å². The lowest BCUT2D eigenvalue weighted by Gasteiger charge is -2.36. The monoisotopic (exact) mass is 366 g/mol. The Morgan fingerprint density at radius 1 is 1.16 bits per heavy atom.